The number of rotatable bonds is 22. The van der Waals surface area contributed by atoms with Gasteiger partial charge in [-0.3, -0.25) is 9.59 Å². The van der Waals surface area contributed by atoms with Crippen LogP contribution >= 0.6 is 0 Å². The van der Waals surface area contributed by atoms with Crippen molar-refractivity contribution in [2.45, 2.75) is 137 Å². The quantitative estimate of drug-likeness (QED) is 0.0971. The van der Waals surface area contributed by atoms with Gasteiger partial charge in [0.15, 0.2) is 0 Å². The summed E-state index contributed by atoms with van der Waals surface area (Å²) in [5, 5.41) is 0. The molecule has 4 heteroatoms. The Labute approximate surface area is 193 Å². The molecule has 0 aromatic rings. The average Bonchev–Trinajstić information content (AvgIpc) is 2.76. The molecule has 0 radical (unpaired) electrons. The minimum absolute atomic E-state index is 0.257. The molecule has 0 aromatic heterocycles. The van der Waals surface area contributed by atoms with Gasteiger partial charge in [-0.15, -0.1) is 0 Å². The van der Waals surface area contributed by atoms with Gasteiger partial charge in [0, 0.05) is 0 Å². The summed E-state index contributed by atoms with van der Waals surface area (Å²) in [4.78, 5) is 24.3. The Morgan fingerprint density at radius 3 is 1.23 bits per heavy atom. The Balaban J connectivity index is 4.23. The van der Waals surface area contributed by atoms with E-state index in [1.54, 1.807) is 0 Å². The van der Waals surface area contributed by atoms with Gasteiger partial charge in [-0.05, 0) is 37.5 Å². The van der Waals surface area contributed by atoms with E-state index in [0.717, 1.165) is 51.4 Å². The van der Waals surface area contributed by atoms with Crippen molar-refractivity contribution in [2.24, 2.45) is 11.8 Å². The van der Waals surface area contributed by atoms with Gasteiger partial charge in [-0.2, -0.15) is 0 Å². The highest BCUT2D eigenvalue weighted by atomic mass is 16.6. The number of hydrogen-bond donors (Lipinski definition) is 0. The summed E-state index contributed by atoms with van der Waals surface area (Å²) in [7, 11) is 0. The zero-order valence-electron chi connectivity index (χ0n) is 21.2. The first-order valence-corrected chi connectivity index (χ1v) is 13.4. The average molecular weight is 441 g/mol. The lowest BCUT2D eigenvalue weighted by Crippen LogP contribution is -2.20. The summed E-state index contributed by atoms with van der Waals surface area (Å²) in [6.07, 6.45) is 18.7. The van der Waals surface area contributed by atoms with Crippen LogP contribution in [0.5, 0.6) is 0 Å². The summed E-state index contributed by atoms with van der Waals surface area (Å²) in [6, 6.07) is 0. The van der Waals surface area contributed by atoms with Crippen molar-refractivity contribution in [3.8, 4) is 0 Å². The number of ether oxygens (including phenoxy) is 2. The Morgan fingerprint density at radius 2 is 0.871 bits per heavy atom. The van der Waals surface area contributed by atoms with Gasteiger partial charge in [0.25, 0.3) is 0 Å². The second kappa shape index (κ2) is 22.1. The maximum absolute atomic E-state index is 12.1. The van der Waals surface area contributed by atoms with Gasteiger partial charge in [0.05, 0.1) is 13.2 Å². The van der Waals surface area contributed by atoms with E-state index in [0.29, 0.717) is 25.0 Å². The SMILES string of the molecule is CCCCCCC(CCCC)COC(=O)CC(=O)OCC(CCCC)CCCCCC. The molecule has 2 atom stereocenters. The van der Waals surface area contributed by atoms with Crippen molar-refractivity contribution in [3.63, 3.8) is 0 Å². The highest BCUT2D eigenvalue weighted by molar-refractivity contribution is 5.91. The van der Waals surface area contributed by atoms with Crippen LogP contribution in [0.15, 0.2) is 0 Å². The van der Waals surface area contributed by atoms with Crippen molar-refractivity contribution in [3.05, 3.63) is 0 Å². The van der Waals surface area contributed by atoms with Crippen molar-refractivity contribution in [2.75, 3.05) is 13.2 Å². The van der Waals surface area contributed by atoms with Crippen LogP contribution in [-0.2, 0) is 19.1 Å². The zero-order valence-corrected chi connectivity index (χ0v) is 21.2. The number of unbranched alkanes of at least 4 members (excludes halogenated alkanes) is 8. The normalized spacial score (nSPS) is 13.0. The van der Waals surface area contributed by atoms with E-state index >= 15 is 0 Å². The first-order valence-electron chi connectivity index (χ1n) is 13.4. The minimum atomic E-state index is -0.437. The van der Waals surface area contributed by atoms with E-state index in [4.69, 9.17) is 9.47 Å². The van der Waals surface area contributed by atoms with Gasteiger partial charge < -0.3 is 9.47 Å². The Hall–Kier alpha value is -1.06. The maximum Gasteiger partial charge on any atom is 0.317 e. The van der Waals surface area contributed by atoms with Crippen LogP contribution in [0.25, 0.3) is 0 Å². The smallest absolute Gasteiger partial charge is 0.317 e. The van der Waals surface area contributed by atoms with Crippen molar-refractivity contribution >= 4 is 11.9 Å². The lowest BCUT2D eigenvalue weighted by molar-refractivity contribution is -0.156. The van der Waals surface area contributed by atoms with Crippen molar-refractivity contribution in [1.82, 2.24) is 0 Å². The van der Waals surface area contributed by atoms with E-state index < -0.39 is 11.9 Å². The Kier molecular flexibility index (Phi) is 21.4. The van der Waals surface area contributed by atoms with E-state index in [9.17, 15) is 9.59 Å². The molecule has 0 saturated carbocycles. The van der Waals surface area contributed by atoms with Crippen LogP contribution in [0.4, 0.5) is 0 Å². The van der Waals surface area contributed by atoms with Crippen molar-refractivity contribution in [1.29, 1.82) is 0 Å². The second-order valence-corrected chi connectivity index (χ2v) is 9.26. The molecule has 0 saturated heterocycles. The molecule has 0 bridgehead atoms. The van der Waals surface area contributed by atoms with E-state index in [1.807, 2.05) is 0 Å². The topological polar surface area (TPSA) is 52.6 Å². The first-order chi connectivity index (χ1) is 15.1. The molecule has 0 rings (SSSR count). The van der Waals surface area contributed by atoms with Gasteiger partial charge in [-0.1, -0.05) is 105 Å². The summed E-state index contributed by atoms with van der Waals surface area (Å²) >= 11 is 0. The highest BCUT2D eigenvalue weighted by Crippen LogP contribution is 2.19. The first kappa shape index (κ1) is 29.9. The fourth-order valence-electron chi connectivity index (χ4n) is 3.97. The Bertz CT molecular complexity index is 383. The molecule has 0 fully saturated rings. The predicted molar refractivity (Wildman–Crippen MR) is 130 cm³/mol. The third kappa shape index (κ3) is 19.4. The molecule has 0 aliphatic heterocycles. The number of carbonyl (C=O) groups is 2. The fraction of sp³-hybridized carbons (Fsp3) is 0.926. The molecular formula is C27H52O4. The fourth-order valence-corrected chi connectivity index (χ4v) is 3.97. The third-order valence-electron chi connectivity index (χ3n) is 6.11. The van der Waals surface area contributed by atoms with Gasteiger partial charge in [0.2, 0.25) is 0 Å². The molecule has 184 valence electrons. The molecule has 0 aliphatic rings. The summed E-state index contributed by atoms with van der Waals surface area (Å²) < 4.78 is 10.9. The monoisotopic (exact) mass is 440 g/mol. The van der Waals surface area contributed by atoms with Crippen LogP contribution in [-0.4, -0.2) is 25.2 Å². The Morgan fingerprint density at radius 1 is 0.516 bits per heavy atom. The highest BCUT2D eigenvalue weighted by Gasteiger charge is 2.17. The van der Waals surface area contributed by atoms with E-state index in [2.05, 4.69) is 27.7 Å². The predicted octanol–water partition coefficient (Wildman–Crippen LogP) is 8.02. The maximum atomic E-state index is 12.1. The number of carbonyl (C=O) groups excluding carboxylic acids is 2. The van der Waals surface area contributed by atoms with Gasteiger partial charge in [0.1, 0.15) is 6.42 Å². The number of hydrogen-bond acceptors (Lipinski definition) is 4. The van der Waals surface area contributed by atoms with Crippen LogP contribution in [0, 0.1) is 11.8 Å². The molecule has 31 heavy (non-hydrogen) atoms. The standard InChI is InChI=1S/C27H52O4/c1-5-9-13-15-19-24(17-11-7-3)22-30-26(28)21-27(29)31-23-25(18-12-8-4)20-16-14-10-6-2/h24-25H,5-23H2,1-4H3. The molecule has 0 aromatic carbocycles. The van der Waals surface area contributed by atoms with Crippen LogP contribution in [0.1, 0.15) is 137 Å². The van der Waals surface area contributed by atoms with Crippen molar-refractivity contribution < 1.29 is 19.1 Å². The van der Waals surface area contributed by atoms with Crippen LogP contribution < -0.4 is 0 Å². The second-order valence-electron chi connectivity index (χ2n) is 9.26. The summed E-state index contributed by atoms with van der Waals surface area (Å²) in [5.74, 6) is -0.0436. The van der Waals surface area contributed by atoms with E-state index in [-0.39, 0.29) is 6.42 Å². The molecule has 0 heterocycles. The molecule has 4 nitrogen and oxygen atoms in total. The zero-order chi connectivity index (χ0) is 23.2. The molecule has 0 amide bonds. The lowest BCUT2D eigenvalue weighted by Gasteiger charge is -2.18. The molecule has 0 spiro atoms. The molecular weight excluding hydrogens is 388 g/mol. The third-order valence-corrected chi connectivity index (χ3v) is 6.11. The minimum Gasteiger partial charge on any atom is -0.465 e. The lowest BCUT2D eigenvalue weighted by atomic mass is 9.96. The molecule has 2 unspecified atom stereocenters. The summed E-state index contributed by atoms with van der Waals surface area (Å²) in [6.45, 7) is 9.69. The van der Waals surface area contributed by atoms with E-state index in [1.165, 1.54) is 51.4 Å². The van der Waals surface area contributed by atoms with Crippen LogP contribution in [0.3, 0.4) is 0 Å². The van der Waals surface area contributed by atoms with Gasteiger partial charge in [-0.25, -0.2) is 0 Å². The van der Waals surface area contributed by atoms with Crippen LogP contribution in [0.2, 0.25) is 0 Å². The number of esters is 2. The largest absolute Gasteiger partial charge is 0.465 e. The summed E-state index contributed by atoms with van der Waals surface area (Å²) in [5.41, 5.74) is 0. The molecule has 0 N–H and O–H groups in total. The van der Waals surface area contributed by atoms with Gasteiger partial charge >= 0.3 is 11.9 Å². The molecule has 0 aliphatic carbocycles.